The van der Waals surface area contributed by atoms with Gasteiger partial charge in [-0.2, -0.15) is 0 Å². The molecule has 1 unspecified atom stereocenters. The van der Waals surface area contributed by atoms with E-state index in [4.69, 9.17) is 10.5 Å². The first-order chi connectivity index (χ1) is 7.72. The maximum Gasteiger partial charge on any atom is 0.0477 e. The standard InChI is InChI=1S/C12H21N3O/c1-15(10-12(13)5-8-16-2)9-11-3-6-14-7-4-11/h3-4,6-7,12H,5,8-10,13H2,1-2H3. The van der Waals surface area contributed by atoms with Crippen LogP contribution >= 0.6 is 0 Å². The molecule has 0 bridgehead atoms. The van der Waals surface area contributed by atoms with Crippen LogP contribution in [0.4, 0.5) is 0 Å². The highest BCUT2D eigenvalue weighted by Gasteiger charge is 2.06. The summed E-state index contributed by atoms with van der Waals surface area (Å²) in [6.45, 7) is 2.51. The third kappa shape index (κ3) is 5.21. The minimum atomic E-state index is 0.173. The highest BCUT2D eigenvalue weighted by Crippen LogP contribution is 2.02. The van der Waals surface area contributed by atoms with Gasteiger partial charge in [-0.1, -0.05) is 0 Å². The SMILES string of the molecule is COCCC(N)CN(C)Cc1ccncc1. The highest BCUT2D eigenvalue weighted by atomic mass is 16.5. The molecule has 1 rings (SSSR count). The minimum absolute atomic E-state index is 0.173. The number of methoxy groups -OCH3 is 1. The molecule has 1 atom stereocenters. The second kappa shape index (κ2) is 7.33. The lowest BCUT2D eigenvalue weighted by atomic mass is 10.2. The number of ether oxygens (including phenoxy) is 1. The molecule has 0 fully saturated rings. The predicted octanol–water partition coefficient (Wildman–Crippen LogP) is 0.877. The maximum atomic E-state index is 5.98. The van der Waals surface area contributed by atoms with E-state index in [1.54, 1.807) is 7.11 Å². The lowest BCUT2D eigenvalue weighted by molar-refractivity contribution is 0.179. The molecule has 16 heavy (non-hydrogen) atoms. The molecular formula is C12H21N3O. The van der Waals surface area contributed by atoms with Crippen LogP contribution in [0.3, 0.4) is 0 Å². The molecule has 1 heterocycles. The zero-order chi connectivity index (χ0) is 11.8. The van der Waals surface area contributed by atoms with E-state index < -0.39 is 0 Å². The second-order valence-electron chi connectivity index (χ2n) is 4.09. The van der Waals surface area contributed by atoms with Crippen LogP contribution < -0.4 is 5.73 Å². The van der Waals surface area contributed by atoms with Gasteiger partial charge in [0.1, 0.15) is 0 Å². The van der Waals surface area contributed by atoms with Gasteiger partial charge in [-0.15, -0.1) is 0 Å². The molecule has 0 saturated carbocycles. The second-order valence-corrected chi connectivity index (χ2v) is 4.09. The van der Waals surface area contributed by atoms with Crippen molar-refractivity contribution in [3.8, 4) is 0 Å². The summed E-state index contributed by atoms with van der Waals surface area (Å²) in [7, 11) is 3.78. The van der Waals surface area contributed by atoms with Gasteiger partial charge in [-0.3, -0.25) is 4.98 Å². The van der Waals surface area contributed by atoms with Gasteiger partial charge in [0.05, 0.1) is 0 Å². The van der Waals surface area contributed by atoms with E-state index in [0.29, 0.717) is 0 Å². The van der Waals surface area contributed by atoms with Gasteiger partial charge < -0.3 is 15.4 Å². The monoisotopic (exact) mass is 223 g/mol. The van der Waals surface area contributed by atoms with Crippen molar-refractivity contribution in [1.29, 1.82) is 0 Å². The Balaban J connectivity index is 2.27. The van der Waals surface area contributed by atoms with Gasteiger partial charge in [0.2, 0.25) is 0 Å². The van der Waals surface area contributed by atoms with Crippen molar-refractivity contribution < 1.29 is 4.74 Å². The van der Waals surface area contributed by atoms with Crippen LogP contribution in [0.5, 0.6) is 0 Å². The summed E-state index contributed by atoms with van der Waals surface area (Å²) in [5.74, 6) is 0. The average Bonchev–Trinajstić information content (AvgIpc) is 2.27. The normalized spacial score (nSPS) is 13.0. The summed E-state index contributed by atoms with van der Waals surface area (Å²) in [6.07, 6.45) is 4.53. The van der Waals surface area contributed by atoms with E-state index in [1.165, 1.54) is 5.56 Å². The van der Waals surface area contributed by atoms with Gasteiger partial charge in [0, 0.05) is 45.2 Å². The van der Waals surface area contributed by atoms with Crippen LogP contribution in [-0.4, -0.2) is 43.2 Å². The molecule has 0 aliphatic heterocycles. The summed E-state index contributed by atoms with van der Waals surface area (Å²) in [5.41, 5.74) is 7.24. The number of likely N-dealkylation sites (N-methyl/N-ethyl adjacent to an activating group) is 1. The van der Waals surface area contributed by atoms with Crippen molar-refractivity contribution in [2.75, 3.05) is 27.3 Å². The van der Waals surface area contributed by atoms with Crippen molar-refractivity contribution in [1.82, 2.24) is 9.88 Å². The minimum Gasteiger partial charge on any atom is -0.385 e. The topological polar surface area (TPSA) is 51.4 Å². The largest absolute Gasteiger partial charge is 0.385 e. The molecule has 0 aromatic carbocycles. The maximum absolute atomic E-state index is 5.98. The van der Waals surface area contributed by atoms with E-state index in [0.717, 1.165) is 26.1 Å². The Morgan fingerprint density at radius 3 is 2.75 bits per heavy atom. The Kier molecular flexibility index (Phi) is 6.00. The van der Waals surface area contributed by atoms with Crippen LogP contribution in [0, 0.1) is 0 Å². The number of rotatable bonds is 7. The van der Waals surface area contributed by atoms with Crippen LogP contribution in [0.1, 0.15) is 12.0 Å². The first-order valence-electron chi connectivity index (χ1n) is 5.54. The average molecular weight is 223 g/mol. The van der Waals surface area contributed by atoms with Crippen LogP contribution in [0.2, 0.25) is 0 Å². The molecule has 0 aliphatic carbocycles. The van der Waals surface area contributed by atoms with E-state index >= 15 is 0 Å². The zero-order valence-electron chi connectivity index (χ0n) is 10.1. The molecule has 0 radical (unpaired) electrons. The molecule has 0 amide bonds. The molecular weight excluding hydrogens is 202 g/mol. The molecule has 1 aromatic heterocycles. The molecule has 0 saturated heterocycles. The van der Waals surface area contributed by atoms with Gasteiger partial charge >= 0.3 is 0 Å². The fourth-order valence-corrected chi connectivity index (χ4v) is 1.63. The van der Waals surface area contributed by atoms with E-state index in [-0.39, 0.29) is 6.04 Å². The number of nitrogens with two attached hydrogens (primary N) is 1. The van der Waals surface area contributed by atoms with Gasteiger partial charge in [0.15, 0.2) is 0 Å². The molecule has 4 nitrogen and oxygen atoms in total. The quantitative estimate of drug-likeness (QED) is 0.745. The lowest BCUT2D eigenvalue weighted by Crippen LogP contribution is -2.35. The molecule has 2 N–H and O–H groups in total. The van der Waals surface area contributed by atoms with E-state index in [2.05, 4.69) is 16.9 Å². The number of aromatic nitrogens is 1. The first-order valence-corrected chi connectivity index (χ1v) is 5.54. The van der Waals surface area contributed by atoms with E-state index in [1.807, 2.05) is 24.5 Å². The fraction of sp³-hybridized carbons (Fsp3) is 0.583. The van der Waals surface area contributed by atoms with Crippen molar-refractivity contribution in [2.24, 2.45) is 5.73 Å². The number of hydrogen-bond donors (Lipinski definition) is 1. The Labute approximate surface area is 97.4 Å². The van der Waals surface area contributed by atoms with Gasteiger partial charge in [-0.25, -0.2) is 0 Å². The third-order valence-corrected chi connectivity index (χ3v) is 2.44. The molecule has 0 aliphatic rings. The van der Waals surface area contributed by atoms with Gasteiger partial charge in [0.25, 0.3) is 0 Å². The Morgan fingerprint density at radius 2 is 2.12 bits per heavy atom. The number of hydrogen-bond acceptors (Lipinski definition) is 4. The molecule has 0 spiro atoms. The Bertz CT molecular complexity index is 279. The smallest absolute Gasteiger partial charge is 0.0477 e. The summed E-state index contributed by atoms with van der Waals surface area (Å²) in [6, 6.07) is 4.22. The first kappa shape index (κ1) is 13.1. The Morgan fingerprint density at radius 1 is 1.44 bits per heavy atom. The van der Waals surface area contributed by atoms with Gasteiger partial charge in [-0.05, 0) is 31.2 Å². The lowest BCUT2D eigenvalue weighted by Gasteiger charge is -2.21. The van der Waals surface area contributed by atoms with Crippen LogP contribution in [0.25, 0.3) is 0 Å². The van der Waals surface area contributed by atoms with Crippen LogP contribution in [0.15, 0.2) is 24.5 Å². The van der Waals surface area contributed by atoms with Crippen molar-refractivity contribution in [2.45, 2.75) is 19.0 Å². The summed E-state index contributed by atoms with van der Waals surface area (Å²) >= 11 is 0. The van der Waals surface area contributed by atoms with Crippen molar-refractivity contribution in [3.63, 3.8) is 0 Å². The Hall–Kier alpha value is -0.970. The highest BCUT2D eigenvalue weighted by molar-refractivity contribution is 5.09. The van der Waals surface area contributed by atoms with E-state index in [9.17, 15) is 0 Å². The summed E-state index contributed by atoms with van der Waals surface area (Å²) < 4.78 is 5.01. The zero-order valence-corrected chi connectivity index (χ0v) is 10.1. The molecule has 90 valence electrons. The third-order valence-electron chi connectivity index (χ3n) is 2.44. The molecule has 1 aromatic rings. The number of nitrogens with zero attached hydrogens (tertiary/aromatic N) is 2. The summed E-state index contributed by atoms with van der Waals surface area (Å²) in [4.78, 5) is 6.21. The van der Waals surface area contributed by atoms with Crippen molar-refractivity contribution >= 4 is 0 Å². The summed E-state index contributed by atoms with van der Waals surface area (Å²) in [5, 5.41) is 0. The number of pyridine rings is 1. The van der Waals surface area contributed by atoms with Crippen LogP contribution in [-0.2, 0) is 11.3 Å². The predicted molar refractivity (Wildman–Crippen MR) is 65.0 cm³/mol. The van der Waals surface area contributed by atoms with Crippen molar-refractivity contribution in [3.05, 3.63) is 30.1 Å². The molecule has 4 heteroatoms. The fourth-order valence-electron chi connectivity index (χ4n) is 1.63.